The van der Waals surface area contributed by atoms with E-state index in [0.29, 0.717) is 5.54 Å². The Balaban J connectivity index is 2.18. The van der Waals surface area contributed by atoms with E-state index in [9.17, 15) is 0 Å². The topological polar surface area (TPSA) is 6.48 Å². The van der Waals surface area contributed by atoms with Gasteiger partial charge in [0.2, 0.25) is 0 Å². The summed E-state index contributed by atoms with van der Waals surface area (Å²) in [4.78, 5) is 4.84. The number of hydrogen-bond donors (Lipinski definition) is 0. The van der Waals surface area contributed by atoms with Gasteiger partial charge in [-0.3, -0.25) is 0 Å². The summed E-state index contributed by atoms with van der Waals surface area (Å²) in [5, 5.41) is 0.920. The Morgan fingerprint density at radius 1 is 1.21 bits per heavy atom. The average Bonchev–Trinajstić information content (AvgIpc) is 2.32. The average molecular weight is 325 g/mol. The van der Waals surface area contributed by atoms with Crippen molar-refractivity contribution in [2.45, 2.75) is 37.1 Å². The van der Waals surface area contributed by atoms with Gasteiger partial charge in [0.25, 0.3) is 0 Å². The van der Waals surface area contributed by atoms with E-state index in [-0.39, 0.29) is 0 Å². The third kappa shape index (κ3) is 2.97. The van der Waals surface area contributed by atoms with E-state index in [4.69, 9.17) is 0 Å². The van der Waals surface area contributed by atoms with Crippen LogP contribution >= 0.6 is 15.9 Å². The maximum absolute atomic E-state index is 3.61. The number of hydrogen-bond acceptors (Lipinski definition) is 2. The minimum Gasteiger partial charge on any atom is -0.372 e. The van der Waals surface area contributed by atoms with E-state index >= 15 is 0 Å². The first kappa shape index (κ1) is 14.9. The largest absolute Gasteiger partial charge is 0.372 e. The Morgan fingerprint density at radius 2 is 1.89 bits per heavy atom. The van der Waals surface area contributed by atoms with Crippen molar-refractivity contribution in [2.75, 3.05) is 32.6 Å². The lowest BCUT2D eigenvalue weighted by molar-refractivity contribution is 0.0683. The van der Waals surface area contributed by atoms with Crippen molar-refractivity contribution >= 4 is 21.6 Å². The van der Waals surface area contributed by atoms with Crippen LogP contribution in [0.1, 0.15) is 30.4 Å². The summed E-state index contributed by atoms with van der Waals surface area (Å²) >= 11 is 3.61. The second-order valence-corrected chi connectivity index (χ2v) is 6.65. The summed E-state index contributed by atoms with van der Waals surface area (Å²) in [5.41, 5.74) is 4.45. The third-order valence-electron chi connectivity index (χ3n) is 4.55. The highest BCUT2D eigenvalue weighted by molar-refractivity contribution is 9.08. The fraction of sp³-hybridized carbons (Fsp3) is 0.625. The summed E-state index contributed by atoms with van der Waals surface area (Å²) in [6, 6.07) is 6.75. The number of rotatable bonds is 5. The summed E-state index contributed by atoms with van der Waals surface area (Å²) < 4.78 is 0. The third-order valence-corrected chi connectivity index (χ3v) is 5.16. The normalized spacial score (nSPS) is 17.4. The quantitative estimate of drug-likeness (QED) is 0.760. The van der Waals surface area contributed by atoms with Crippen LogP contribution in [-0.4, -0.2) is 38.1 Å². The lowest BCUT2D eigenvalue weighted by Gasteiger charge is -2.49. The van der Waals surface area contributed by atoms with Gasteiger partial charge in [-0.1, -0.05) is 33.6 Å². The van der Waals surface area contributed by atoms with Crippen LogP contribution in [0.15, 0.2) is 18.2 Å². The monoisotopic (exact) mass is 324 g/mol. The van der Waals surface area contributed by atoms with Crippen molar-refractivity contribution in [1.82, 2.24) is 4.90 Å². The predicted octanol–water partition coefficient (Wildman–Crippen LogP) is 3.81. The lowest BCUT2D eigenvalue weighted by atomic mass is 9.75. The molecule has 0 aliphatic heterocycles. The second kappa shape index (κ2) is 5.84. The molecule has 1 aliphatic rings. The van der Waals surface area contributed by atoms with Crippen molar-refractivity contribution < 1.29 is 0 Å². The van der Waals surface area contributed by atoms with E-state index < -0.39 is 0 Å². The molecule has 0 bridgehead atoms. The van der Waals surface area contributed by atoms with E-state index in [1.807, 2.05) is 0 Å². The molecule has 0 heterocycles. The molecule has 0 unspecified atom stereocenters. The molecule has 0 amide bonds. The molecule has 3 heteroatoms. The standard InChI is InChI=1S/C16H25BrN2/c1-13-6-7-15(14(10-13)11-17)19(4)12-16(18(2)3)8-5-9-16/h6-7,10H,5,8-9,11-12H2,1-4H3. The molecule has 1 aromatic carbocycles. The SMILES string of the molecule is Cc1ccc(N(C)CC2(N(C)C)CCC2)c(CBr)c1. The van der Waals surface area contributed by atoms with Crippen molar-refractivity contribution in [3.05, 3.63) is 29.3 Å². The van der Waals surface area contributed by atoms with Gasteiger partial charge in [-0.15, -0.1) is 0 Å². The Bertz CT molecular complexity index is 438. The minimum atomic E-state index is 0.378. The molecule has 0 aromatic heterocycles. The highest BCUT2D eigenvalue weighted by atomic mass is 79.9. The zero-order chi connectivity index (χ0) is 14.0. The van der Waals surface area contributed by atoms with Gasteiger partial charge in [-0.25, -0.2) is 0 Å². The Hall–Kier alpha value is -0.540. The highest BCUT2D eigenvalue weighted by Crippen LogP contribution is 2.38. The zero-order valence-corrected chi connectivity index (χ0v) is 14.1. The lowest BCUT2D eigenvalue weighted by Crippen LogP contribution is -2.56. The molecule has 0 saturated heterocycles. The van der Waals surface area contributed by atoms with E-state index in [2.05, 4.69) is 72.0 Å². The smallest absolute Gasteiger partial charge is 0.0405 e. The van der Waals surface area contributed by atoms with Crippen LogP contribution < -0.4 is 4.90 Å². The fourth-order valence-electron chi connectivity index (χ4n) is 3.05. The number of nitrogens with zero attached hydrogens (tertiary/aromatic N) is 2. The highest BCUT2D eigenvalue weighted by Gasteiger charge is 2.40. The zero-order valence-electron chi connectivity index (χ0n) is 12.5. The first-order valence-corrected chi connectivity index (χ1v) is 8.15. The van der Waals surface area contributed by atoms with Gasteiger partial charge in [0.1, 0.15) is 0 Å². The van der Waals surface area contributed by atoms with Crippen LogP contribution in [0.5, 0.6) is 0 Å². The van der Waals surface area contributed by atoms with Gasteiger partial charge < -0.3 is 9.80 Å². The van der Waals surface area contributed by atoms with E-state index in [1.165, 1.54) is 36.1 Å². The molecule has 1 aliphatic carbocycles. The number of halogens is 1. The van der Waals surface area contributed by atoms with Crippen LogP contribution in [0.4, 0.5) is 5.69 Å². The molecule has 0 atom stereocenters. The fourth-order valence-corrected chi connectivity index (χ4v) is 3.50. The van der Waals surface area contributed by atoms with Gasteiger partial charge in [0.15, 0.2) is 0 Å². The number of aryl methyl sites for hydroxylation is 1. The molecule has 1 aromatic rings. The predicted molar refractivity (Wildman–Crippen MR) is 87.3 cm³/mol. The number of anilines is 1. The Labute approximate surface area is 125 Å². The van der Waals surface area contributed by atoms with Gasteiger partial charge in [-0.05, 0) is 51.9 Å². The molecule has 2 rings (SSSR count). The Morgan fingerprint density at radius 3 is 2.37 bits per heavy atom. The van der Waals surface area contributed by atoms with E-state index in [1.54, 1.807) is 0 Å². The number of benzene rings is 1. The van der Waals surface area contributed by atoms with Crippen LogP contribution in [0.25, 0.3) is 0 Å². The van der Waals surface area contributed by atoms with Crippen molar-refractivity contribution in [3.8, 4) is 0 Å². The van der Waals surface area contributed by atoms with Crippen molar-refractivity contribution in [2.24, 2.45) is 0 Å². The van der Waals surface area contributed by atoms with Crippen LogP contribution in [0.2, 0.25) is 0 Å². The summed E-state index contributed by atoms with van der Waals surface area (Å²) in [7, 11) is 6.65. The van der Waals surface area contributed by atoms with Gasteiger partial charge in [0.05, 0.1) is 0 Å². The molecule has 2 nitrogen and oxygen atoms in total. The molecule has 1 saturated carbocycles. The van der Waals surface area contributed by atoms with Gasteiger partial charge in [0, 0.05) is 30.1 Å². The molecule has 19 heavy (non-hydrogen) atoms. The molecular weight excluding hydrogens is 300 g/mol. The maximum atomic E-state index is 3.61. The van der Waals surface area contributed by atoms with Crippen LogP contribution in [0, 0.1) is 6.92 Å². The van der Waals surface area contributed by atoms with E-state index in [0.717, 1.165) is 11.9 Å². The molecule has 0 N–H and O–H groups in total. The van der Waals surface area contributed by atoms with Crippen LogP contribution in [-0.2, 0) is 5.33 Å². The van der Waals surface area contributed by atoms with Crippen molar-refractivity contribution in [1.29, 1.82) is 0 Å². The second-order valence-electron chi connectivity index (χ2n) is 6.09. The Kier molecular flexibility index (Phi) is 4.57. The molecular formula is C16H25BrN2. The molecule has 0 radical (unpaired) electrons. The van der Waals surface area contributed by atoms with Gasteiger partial charge >= 0.3 is 0 Å². The number of alkyl halides is 1. The first-order valence-electron chi connectivity index (χ1n) is 7.02. The minimum absolute atomic E-state index is 0.378. The first-order chi connectivity index (χ1) is 8.98. The number of likely N-dealkylation sites (N-methyl/N-ethyl adjacent to an activating group) is 2. The summed E-state index contributed by atoms with van der Waals surface area (Å²) in [5.74, 6) is 0. The van der Waals surface area contributed by atoms with Crippen LogP contribution in [0.3, 0.4) is 0 Å². The molecule has 0 spiro atoms. The van der Waals surface area contributed by atoms with Gasteiger partial charge in [-0.2, -0.15) is 0 Å². The summed E-state index contributed by atoms with van der Waals surface area (Å²) in [6.07, 6.45) is 4.00. The van der Waals surface area contributed by atoms with Crippen molar-refractivity contribution in [3.63, 3.8) is 0 Å². The molecule has 1 fully saturated rings. The maximum Gasteiger partial charge on any atom is 0.0405 e. The molecule has 106 valence electrons. The summed E-state index contributed by atoms with van der Waals surface area (Å²) in [6.45, 7) is 3.27.